The molecule has 8 heteroatoms. The average Bonchev–Trinajstić information content (AvgIpc) is 2.93. The molecule has 2 heterocycles. The van der Waals surface area contributed by atoms with Crippen molar-refractivity contribution in [3.8, 4) is 11.4 Å². The van der Waals surface area contributed by atoms with Gasteiger partial charge >= 0.3 is 5.97 Å². The molecule has 1 aliphatic rings. The molecule has 0 spiro atoms. The number of nitrogens with zero attached hydrogens (tertiary/aromatic N) is 2. The fraction of sp³-hybridized carbons (Fsp3) is 0.381. The Morgan fingerprint density at radius 2 is 1.93 bits per heavy atom. The lowest BCUT2D eigenvalue weighted by Gasteiger charge is -2.13. The number of aromatic nitrogens is 2. The molecule has 0 atom stereocenters. The number of benzene rings is 1. The van der Waals surface area contributed by atoms with Gasteiger partial charge in [-0.3, -0.25) is 14.2 Å². The Bertz CT molecular complexity index is 1100. The summed E-state index contributed by atoms with van der Waals surface area (Å²) in [5, 5.41) is 1.22. The number of hydrogen-bond acceptors (Lipinski definition) is 7. The summed E-state index contributed by atoms with van der Waals surface area (Å²) >= 11 is 2.83. The number of rotatable bonds is 5. The SMILES string of the molecule is COC(=O)CSc1nc2sc3c(c2c(=O)n1-c1ccc(OC)cc1)CCCCC3. The summed E-state index contributed by atoms with van der Waals surface area (Å²) in [5.41, 5.74) is 1.78. The maximum atomic E-state index is 13.6. The van der Waals surface area contributed by atoms with E-state index in [2.05, 4.69) is 0 Å². The third-order valence-corrected chi connectivity index (χ3v) is 7.18. The first-order chi connectivity index (χ1) is 14.1. The molecule has 0 unspecified atom stereocenters. The molecule has 2 aromatic heterocycles. The number of esters is 1. The maximum Gasteiger partial charge on any atom is 0.316 e. The Balaban J connectivity index is 1.90. The highest BCUT2D eigenvalue weighted by molar-refractivity contribution is 7.99. The molecule has 152 valence electrons. The molecule has 0 N–H and O–H groups in total. The van der Waals surface area contributed by atoms with Crippen molar-refractivity contribution in [2.75, 3.05) is 20.0 Å². The van der Waals surface area contributed by atoms with Crippen LogP contribution in [0.4, 0.5) is 0 Å². The minimum Gasteiger partial charge on any atom is -0.497 e. The molecule has 0 saturated carbocycles. The number of carbonyl (C=O) groups is 1. The molecule has 0 radical (unpaired) electrons. The number of methoxy groups -OCH3 is 2. The van der Waals surface area contributed by atoms with E-state index in [0.717, 1.165) is 41.5 Å². The van der Waals surface area contributed by atoms with Gasteiger partial charge in [0.1, 0.15) is 10.6 Å². The van der Waals surface area contributed by atoms with Gasteiger partial charge in [0.05, 0.1) is 31.0 Å². The second-order valence-electron chi connectivity index (χ2n) is 6.84. The van der Waals surface area contributed by atoms with Crippen LogP contribution >= 0.6 is 23.1 Å². The zero-order chi connectivity index (χ0) is 20.4. The van der Waals surface area contributed by atoms with Crippen LogP contribution in [0.5, 0.6) is 5.75 Å². The first-order valence-electron chi connectivity index (χ1n) is 9.53. The molecule has 6 nitrogen and oxygen atoms in total. The van der Waals surface area contributed by atoms with E-state index in [4.69, 9.17) is 14.5 Å². The third kappa shape index (κ3) is 3.91. The molecule has 29 heavy (non-hydrogen) atoms. The van der Waals surface area contributed by atoms with Gasteiger partial charge in [0.15, 0.2) is 5.16 Å². The summed E-state index contributed by atoms with van der Waals surface area (Å²) in [7, 11) is 2.96. The van der Waals surface area contributed by atoms with Gasteiger partial charge in [-0.05, 0) is 55.5 Å². The number of fused-ring (bicyclic) bond motifs is 3. The Hall–Kier alpha value is -2.32. The second-order valence-corrected chi connectivity index (χ2v) is 8.87. The van der Waals surface area contributed by atoms with E-state index in [1.54, 1.807) is 23.0 Å². The van der Waals surface area contributed by atoms with Crippen molar-refractivity contribution >= 4 is 39.3 Å². The molecule has 0 amide bonds. The second kappa shape index (κ2) is 8.59. The minimum atomic E-state index is -0.354. The minimum absolute atomic E-state index is 0.0769. The standard InChI is InChI=1S/C21H22N2O4S2/c1-26-14-10-8-13(9-11-14)23-20(25)18-15-6-4-3-5-7-16(15)29-19(18)22-21(23)28-12-17(24)27-2/h8-11H,3-7,12H2,1-2H3. The van der Waals surface area contributed by atoms with Crippen LogP contribution in [-0.4, -0.2) is 35.5 Å². The summed E-state index contributed by atoms with van der Waals surface area (Å²) in [6.07, 6.45) is 5.36. The van der Waals surface area contributed by atoms with E-state index in [9.17, 15) is 9.59 Å². The normalized spacial score (nSPS) is 13.7. The van der Waals surface area contributed by atoms with Crippen LogP contribution in [0.1, 0.15) is 29.7 Å². The number of thioether (sulfide) groups is 1. The maximum absolute atomic E-state index is 13.6. The summed E-state index contributed by atoms with van der Waals surface area (Å²) in [4.78, 5) is 32.2. The van der Waals surface area contributed by atoms with Gasteiger partial charge in [-0.25, -0.2) is 4.98 Å². The molecule has 1 aliphatic carbocycles. The summed E-state index contributed by atoms with van der Waals surface area (Å²) < 4.78 is 11.6. The van der Waals surface area contributed by atoms with Crippen molar-refractivity contribution in [3.05, 3.63) is 45.1 Å². The highest BCUT2D eigenvalue weighted by atomic mass is 32.2. The largest absolute Gasteiger partial charge is 0.497 e. The highest BCUT2D eigenvalue weighted by Crippen LogP contribution is 2.34. The van der Waals surface area contributed by atoms with Gasteiger partial charge in [-0.1, -0.05) is 18.2 Å². The fourth-order valence-corrected chi connectivity index (χ4v) is 5.75. The van der Waals surface area contributed by atoms with Crippen LogP contribution in [0.25, 0.3) is 15.9 Å². The lowest BCUT2D eigenvalue weighted by molar-refractivity contribution is -0.137. The van der Waals surface area contributed by atoms with Crippen LogP contribution in [0.15, 0.2) is 34.2 Å². The molecular formula is C21H22N2O4S2. The van der Waals surface area contributed by atoms with Crippen molar-refractivity contribution in [2.24, 2.45) is 0 Å². The van der Waals surface area contributed by atoms with Crippen LogP contribution in [0.3, 0.4) is 0 Å². The van der Waals surface area contributed by atoms with Gasteiger partial charge in [0.25, 0.3) is 5.56 Å². The zero-order valence-electron chi connectivity index (χ0n) is 16.4. The predicted molar refractivity (Wildman–Crippen MR) is 116 cm³/mol. The number of thiophene rings is 1. The Kier molecular flexibility index (Phi) is 5.91. The van der Waals surface area contributed by atoms with Crippen molar-refractivity contribution in [1.29, 1.82) is 0 Å². The number of hydrogen-bond donors (Lipinski definition) is 0. The molecular weight excluding hydrogens is 408 g/mol. The topological polar surface area (TPSA) is 70.4 Å². The van der Waals surface area contributed by atoms with Crippen LogP contribution < -0.4 is 10.3 Å². The van der Waals surface area contributed by atoms with Gasteiger partial charge in [-0.15, -0.1) is 11.3 Å². The lowest BCUT2D eigenvalue weighted by atomic mass is 10.1. The molecule has 1 aromatic carbocycles. The van der Waals surface area contributed by atoms with E-state index < -0.39 is 0 Å². The monoisotopic (exact) mass is 430 g/mol. The average molecular weight is 431 g/mol. The van der Waals surface area contributed by atoms with Gasteiger partial charge in [0, 0.05) is 4.88 Å². The van der Waals surface area contributed by atoms with Crippen molar-refractivity contribution in [2.45, 2.75) is 37.3 Å². The van der Waals surface area contributed by atoms with E-state index in [-0.39, 0.29) is 17.3 Å². The summed E-state index contributed by atoms with van der Waals surface area (Å²) in [6, 6.07) is 7.30. The molecule has 0 aliphatic heterocycles. The summed E-state index contributed by atoms with van der Waals surface area (Å²) in [5.74, 6) is 0.451. The number of carbonyl (C=O) groups excluding carboxylic acids is 1. The van der Waals surface area contributed by atoms with Crippen molar-refractivity contribution in [3.63, 3.8) is 0 Å². The lowest BCUT2D eigenvalue weighted by Crippen LogP contribution is -2.22. The Morgan fingerprint density at radius 1 is 1.17 bits per heavy atom. The summed E-state index contributed by atoms with van der Waals surface area (Å²) in [6.45, 7) is 0. The Morgan fingerprint density at radius 3 is 2.66 bits per heavy atom. The van der Waals surface area contributed by atoms with Gasteiger partial charge < -0.3 is 9.47 Å². The first-order valence-corrected chi connectivity index (χ1v) is 11.3. The first kappa shape index (κ1) is 20.0. The molecule has 4 rings (SSSR count). The van der Waals surface area contributed by atoms with Crippen LogP contribution in [0.2, 0.25) is 0 Å². The predicted octanol–water partition coefficient (Wildman–Crippen LogP) is 3.99. The quantitative estimate of drug-likeness (QED) is 0.264. The van der Waals surface area contributed by atoms with E-state index in [0.29, 0.717) is 16.6 Å². The smallest absolute Gasteiger partial charge is 0.316 e. The highest BCUT2D eigenvalue weighted by Gasteiger charge is 2.22. The molecule has 0 fully saturated rings. The van der Waals surface area contributed by atoms with Crippen LogP contribution in [-0.2, 0) is 22.4 Å². The van der Waals surface area contributed by atoms with E-state index in [1.165, 1.54) is 30.2 Å². The Labute approximate surface area is 176 Å². The molecule has 3 aromatic rings. The van der Waals surface area contributed by atoms with E-state index >= 15 is 0 Å². The molecule has 0 bridgehead atoms. The van der Waals surface area contributed by atoms with Gasteiger partial charge in [0.2, 0.25) is 0 Å². The number of aryl methyl sites for hydroxylation is 2. The van der Waals surface area contributed by atoms with Crippen molar-refractivity contribution < 1.29 is 14.3 Å². The van der Waals surface area contributed by atoms with E-state index in [1.807, 2.05) is 24.3 Å². The van der Waals surface area contributed by atoms with Crippen LogP contribution in [0, 0.1) is 0 Å². The number of ether oxygens (including phenoxy) is 2. The van der Waals surface area contributed by atoms with Gasteiger partial charge in [-0.2, -0.15) is 0 Å². The zero-order valence-corrected chi connectivity index (χ0v) is 18.0. The fourth-order valence-electron chi connectivity index (χ4n) is 3.60. The third-order valence-electron chi connectivity index (χ3n) is 5.09. The molecule has 0 saturated heterocycles. The van der Waals surface area contributed by atoms with Crippen molar-refractivity contribution in [1.82, 2.24) is 9.55 Å².